The summed E-state index contributed by atoms with van der Waals surface area (Å²) in [6.45, 7) is 4.04. The van der Waals surface area contributed by atoms with Crippen LogP contribution in [0, 0.1) is 13.8 Å². The molecule has 1 aromatic carbocycles. The summed E-state index contributed by atoms with van der Waals surface area (Å²) >= 11 is 0. The average Bonchev–Trinajstić information content (AvgIpc) is 2.68. The molecule has 0 aliphatic carbocycles. The maximum Gasteiger partial charge on any atom is 0.213 e. The van der Waals surface area contributed by atoms with Crippen molar-refractivity contribution in [1.82, 2.24) is 9.78 Å². The number of hydrogen-bond acceptors (Lipinski definition) is 2. The number of rotatable bonds is 2. The molecule has 3 nitrogen and oxygen atoms in total. The fraction of sp³-hybridized carbons (Fsp3) is 0.231. The second-order valence-electron chi connectivity index (χ2n) is 4.00. The number of ketones is 1. The first-order valence-electron chi connectivity index (χ1n) is 5.19. The highest BCUT2D eigenvalue weighted by Gasteiger charge is 2.12. The van der Waals surface area contributed by atoms with Crippen molar-refractivity contribution in [2.24, 2.45) is 7.05 Å². The van der Waals surface area contributed by atoms with Crippen molar-refractivity contribution in [2.45, 2.75) is 13.8 Å². The quantitative estimate of drug-likeness (QED) is 0.719. The predicted molar refractivity (Wildman–Crippen MR) is 62.6 cm³/mol. The van der Waals surface area contributed by atoms with E-state index in [9.17, 15) is 4.79 Å². The molecule has 0 radical (unpaired) electrons. The van der Waals surface area contributed by atoms with Crippen LogP contribution in [0.2, 0.25) is 0 Å². The summed E-state index contributed by atoms with van der Waals surface area (Å²) in [6.07, 6.45) is 1.77. The normalized spacial score (nSPS) is 10.4. The maximum atomic E-state index is 12.0. The Hall–Kier alpha value is -1.90. The molecule has 0 amide bonds. The molecule has 0 bridgehead atoms. The molecule has 1 heterocycles. The minimum absolute atomic E-state index is 0.0244. The highest BCUT2D eigenvalue weighted by atomic mass is 16.1. The van der Waals surface area contributed by atoms with E-state index in [0.29, 0.717) is 11.3 Å². The van der Waals surface area contributed by atoms with E-state index in [-0.39, 0.29) is 5.78 Å². The van der Waals surface area contributed by atoms with Gasteiger partial charge in [0.25, 0.3) is 0 Å². The lowest BCUT2D eigenvalue weighted by molar-refractivity contribution is 0.103. The summed E-state index contributed by atoms with van der Waals surface area (Å²) in [6, 6.07) is 7.45. The number of hydrogen-bond donors (Lipinski definition) is 0. The minimum atomic E-state index is -0.0244. The van der Waals surface area contributed by atoms with Gasteiger partial charge < -0.3 is 0 Å². The van der Waals surface area contributed by atoms with Crippen LogP contribution in [0.15, 0.2) is 30.5 Å². The zero-order valence-corrected chi connectivity index (χ0v) is 9.69. The smallest absolute Gasteiger partial charge is 0.213 e. The second-order valence-corrected chi connectivity index (χ2v) is 4.00. The Kier molecular flexibility index (Phi) is 2.60. The Morgan fingerprint density at radius 2 is 1.94 bits per heavy atom. The molecule has 0 fully saturated rings. The molecule has 0 aliphatic heterocycles. The first kappa shape index (κ1) is 10.6. The van der Waals surface area contributed by atoms with Gasteiger partial charge in [-0.05, 0) is 37.1 Å². The van der Waals surface area contributed by atoms with Gasteiger partial charge in [0, 0.05) is 18.8 Å². The van der Waals surface area contributed by atoms with Crippen LogP contribution in [-0.2, 0) is 7.05 Å². The molecule has 0 unspecified atom stereocenters. The van der Waals surface area contributed by atoms with Gasteiger partial charge in [0.15, 0.2) is 0 Å². The van der Waals surface area contributed by atoms with Crippen molar-refractivity contribution >= 4 is 5.78 Å². The van der Waals surface area contributed by atoms with Gasteiger partial charge >= 0.3 is 0 Å². The Balaban J connectivity index is 2.38. The van der Waals surface area contributed by atoms with E-state index in [2.05, 4.69) is 5.10 Å². The van der Waals surface area contributed by atoms with Crippen LogP contribution < -0.4 is 0 Å². The number of carbonyl (C=O) groups excluding carboxylic acids is 1. The predicted octanol–water partition coefficient (Wildman–Crippen LogP) is 2.27. The molecule has 2 rings (SSSR count). The zero-order chi connectivity index (χ0) is 11.7. The molecule has 16 heavy (non-hydrogen) atoms. The standard InChI is InChI=1S/C13H14N2O/c1-9-4-5-11(8-10(9)2)13(16)12-6-7-15(3)14-12/h4-8H,1-3H3. The summed E-state index contributed by atoms with van der Waals surface area (Å²) in [5, 5.41) is 4.11. The molecule has 0 saturated heterocycles. The van der Waals surface area contributed by atoms with Gasteiger partial charge in [-0.25, -0.2) is 0 Å². The second kappa shape index (κ2) is 3.93. The molecular weight excluding hydrogens is 200 g/mol. The van der Waals surface area contributed by atoms with E-state index < -0.39 is 0 Å². The molecule has 0 aliphatic rings. The Labute approximate surface area is 94.7 Å². The van der Waals surface area contributed by atoms with Crippen molar-refractivity contribution in [3.8, 4) is 0 Å². The molecular formula is C13H14N2O. The average molecular weight is 214 g/mol. The van der Waals surface area contributed by atoms with E-state index in [1.165, 1.54) is 5.56 Å². The summed E-state index contributed by atoms with van der Waals surface area (Å²) in [4.78, 5) is 12.0. The molecule has 2 aromatic rings. The van der Waals surface area contributed by atoms with Crippen LogP contribution in [0.25, 0.3) is 0 Å². The van der Waals surface area contributed by atoms with Crippen molar-refractivity contribution in [1.29, 1.82) is 0 Å². The molecule has 1 aromatic heterocycles. The monoisotopic (exact) mass is 214 g/mol. The van der Waals surface area contributed by atoms with Crippen LogP contribution in [0.1, 0.15) is 27.2 Å². The summed E-state index contributed by atoms with van der Waals surface area (Å²) in [7, 11) is 1.80. The van der Waals surface area contributed by atoms with Crippen LogP contribution in [0.4, 0.5) is 0 Å². The van der Waals surface area contributed by atoms with E-state index in [0.717, 1.165) is 5.56 Å². The van der Waals surface area contributed by atoms with Crippen LogP contribution in [0.5, 0.6) is 0 Å². The fourth-order valence-corrected chi connectivity index (χ4v) is 1.57. The van der Waals surface area contributed by atoms with Gasteiger partial charge in [-0.15, -0.1) is 0 Å². The number of nitrogens with zero attached hydrogens (tertiary/aromatic N) is 2. The number of aryl methyl sites for hydroxylation is 3. The third kappa shape index (κ3) is 1.89. The van der Waals surface area contributed by atoms with Gasteiger partial charge in [0.05, 0.1) is 0 Å². The van der Waals surface area contributed by atoms with Gasteiger partial charge in [0.1, 0.15) is 5.69 Å². The molecule has 0 N–H and O–H groups in total. The van der Waals surface area contributed by atoms with Crippen molar-refractivity contribution in [2.75, 3.05) is 0 Å². The van der Waals surface area contributed by atoms with Gasteiger partial charge in [-0.1, -0.05) is 12.1 Å². The Bertz CT molecular complexity index is 541. The largest absolute Gasteiger partial charge is 0.287 e. The van der Waals surface area contributed by atoms with Gasteiger partial charge in [-0.2, -0.15) is 5.10 Å². The highest BCUT2D eigenvalue weighted by Crippen LogP contribution is 2.13. The lowest BCUT2D eigenvalue weighted by atomic mass is 10.0. The van der Waals surface area contributed by atoms with Crippen LogP contribution in [0.3, 0.4) is 0 Å². The third-order valence-corrected chi connectivity index (χ3v) is 2.72. The van der Waals surface area contributed by atoms with E-state index >= 15 is 0 Å². The third-order valence-electron chi connectivity index (χ3n) is 2.72. The zero-order valence-electron chi connectivity index (χ0n) is 9.69. The molecule has 0 saturated carbocycles. The molecule has 0 spiro atoms. The number of carbonyl (C=O) groups is 1. The maximum absolute atomic E-state index is 12.0. The topological polar surface area (TPSA) is 34.9 Å². The van der Waals surface area contributed by atoms with Crippen molar-refractivity contribution < 1.29 is 4.79 Å². The molecule has 82 valence electrons. The first-order valence-corrected chi connectivity index (χ1v) is 5.19. The molecule has 0 atom stereocenters. The fourth-order valence-electron chi connectivity index (χ4n) is 1.57. The SMILES string of the molecule is Cc1ccc(C(=O)c2ccn(C)n2)cc1C. The first-order chi connectivity index (χ1) is 7.58. The van der Waals surface area contributed by atoms with Crippen LogP contribution in [-0.4, -0.2) is 15.6 Å². The number of aromatic nitrogens is 2. The highest BCUT2D eigenvalue weighted by molar-refractivity contribution is 6.07. The minimum Gasteiger partial charge on any atom is -0.287 e. The Morgan fingerprint density at radius 3 is 2.50 bits per heavy atom. The summed E-state index contributed by atoms with van der Waals surface area (Å²) < 4.78 is 1.63. The summed E-state index contributed by atoms with van der Waals surface area (Å²) in [5.41, 5.74) is 3.51. The van der Waals surface area contributed by atoms with Crippen LogP contribution >= 0.6 is 0 Å². The summed E-state index contributed by atoms with van der Waals surface area (Å²) in [5.74, 6) is -0.0244. The number of benzene rings is 1. The Morgan fingerprint density at radius 1 is 1.19 bits per heavy atom. The molecule has 3 heteroatoms. The van der Waals surface area contributed by atoms with E-state index in [1.807, 2.05) is 32.0 Å². The lowest BCUT2D eigenvalue weighted by Gasteiger charge is -2.02. The van der Waals surface area contributed by atoms with E-state index in [4.69, 9.17) is 0 Å². The van der Waals surface area contributed by atoms with Gasteiger partial charge in [0.2, 0.25) is 5.78 Å². The van der Waals surface area contributed by atoms with E-state index in [1.54, 1.807) is 24.0 Å². The van der Waals surface area contributed by atoms with Crippen molar-refractivity contribution in [3.63, 3.8) is 0 Å². The van der Waals surface area contributed by atoms with Gasteiger partial charge in [-0.3, -0.25) is 9.48 Å². The lowest BCUT2D eigenvalue weighted by Crippen LogP contribution is -2.04. The van der Waals surface area contributed by atoms with Crippen molar-refractivity contribution in [3.05, 3.63) is 52.8 Å².